The predicted octanol–water partition coefficient (Wildman–Crippen LogP) is 4.00. The number of carbonyl (C=O) groups is 2. The van der Waals surface area contributed by atoms with Gasteiger partial charge in [-0.05, 0) is 57.1 Å². The average Bonchev–Trinajstić information content (AvgIpc) is 3.51. The number of rotatable bonds is 3. The minimum Gasteiger partial charge on any atom is -0.342 e. The maximum atomic E-state index is 13.4. The number of benzene rings is 1. The maximum Gasteiger partial charge on any atom is 0.226 e. The Morgan fingerprint density at radius 1 is 0.893 bits per heavy atom. The summed E-state index contributed by atoms with van der Waals surface area (Å²) >= 11 is 1.73. The van der Waals surface area contributed by atoms with Gasteiger partial charge < -0.3 is 9.80 Å². The molecule has 148 valence electrons. The molecule has 0 N–H and O–H groups in total. The molecule has 0 radical (unpaired) electrons. The Labute approximate surface area is 169 Å². The quantitative estimate of drug-likeness (QED) is 0.787. The highest BCUT2D eigenvalue weighted by atomic mass is 32.1. The van der Waals surface area contributed by atoms with Crippen molar-refractivity contribution in [2.75, 3.05) is 19.6 Å². The van der Waals surface area contributed by atoms with Crippen LogP contribution in [-0.2, 0) is 9.59 Å². The number of hydrogen-bond acceptors (Lipinski definition) is 4. The molecule has 1 unspecified atom stereocenters. The van der Waals surface area contributed by atoms with Gasteiger partial charge >= 0.3 is 0 Å². The number of thiazole rings is 1. The molecule has 3 heterocycles. The number of likely N-dealkylation sites (tertiary alicyclic amines) is 2. The number of para-hydroxylation sites is 1. The third kappa shape index (κ3) is 3.43. The van der Waals surface area contributed by atoms with Gasteiger partial charge in [-0.15, -0.1) is 11.3 Å². The van der Waals surface area contributed by atoms with Crippen molar-refractivity contribution in [1.29, 1.82) is 0 Å². The van der Waals surface area contributed by atoms with Gasteiger partial charge in [0.1, 0.15) is 5.01 Å². The average molecular weight is 398 g/mol. The summed E-state index contributed by atoms with van der Waals surface area (Å²) in [7, 11) is 0. The van der Waals surface area contributed by atoms with Crippen molar-refractivity contribution in [3.05, 3.63) is 29.3 Å². The first-order valence-electron chi connectivity index (χ1n) is 10.7. The molecule has 28 heavy (non-hydrogen) atoms. The highest BCUT2D eigenvalue weighted by Crippen LogP contribution is 2.38. The van der Waals surface area contributed by atoms with E-state index in [1.807, 2.05) is 17.0 Å². The number of piperidine rings is 2. The van der Waals surface area contributed by atoms with Gasteiger partial charge in [0.25, 0.3) is 0 Å². The van der Waals surface area contributed by atoms with Crippen LogP contribution in [-0.4, -0.2) is 46.2 Å². The summed E-state index contributed by atoms with van der Waals surface area (Å²) in [5.74, 6) is 0.926. The van der Waals surface area contributed by atoms with Crippen molar-refractivity contribution in [3.8, 4) is 0 Å². The van der Waals surface area contributed by atoms with E-state index >= 15 is 0 Å². The highest BCUT2D eigenvalue weighted by Gasteiger charge is 2.38. The van der Waals surface area contributed by atoms with Gasteiger partial charge in [-0.25, -0.2) is 4.98 Å². The fraction of sp³-hybridized carbons (Fsp3) is 0.591. The second-order valence-electron chi connectivity index (χ2n) is 8.44. The first kappa shape index (κ1) is 18.1. The standard InChI is InChI=1S/C22H27N3O2S/c26-21(15-8-9-15)24-13-10-16(11-14-24)22(27)25-12-4-3-6-18(25)20-23-17-5-1-2-7-19(17)28-20/h1-2,5,7,15-16,18H,3-4,6,8-14H2. The molecule has 2 aromatic rings. The summed E-state index contributed by atoms with van der Waals surface area (Å²) in [6.45, 7) is 2.32. The largest absolute Gasteiger partial charge is 0.342 e. The van der Waals surface area contributed by atoms with Gasteiger partial charge in [0.2, 0.25) is 11.8 Å². The summed E-state index contributed by atoms with van der Waals surface area (Å²) < 4.78 is 1.20. The van der Waals surface area contributed by atoms with Crippen LogP contribution in [0.15, 0.2) is 24.3 Å². The lowest BCUT2D eigenvalue weighted by Crippen LogP contribution is -2.47. The van der Waals surface area contributed by atoms with Gasteiger partial charge in [0.15, 0.2) is 0 Å². The Kier molecular flexibility index (Phi) is 4.83. The Balaban J connectivity index is 1.29. The lowest BCUT2D eigenvalue weighted by Gasteiger charge is -2.39. The van der Waals surface area contributed by atoms with Crippen molar-refractivity contribution in [1.82, 2.24) is 14.8 Å². The van der Waals surface area contributed by atoms with Crippen molar-refractivity contribution in [3.63, 3.8) is 0 Å². The van der Waals surface area contributed by atoms with Gasteiger partial charge in [0, 0.05) is 31.5 Å². The van der Waals surface area contributed by atoms with E-state index in [0.29, 0.717) is 5.91 Å². The zero-order valence-corrected chi connectivity index (χ0v) is 17.0. The van der Waals surface area contributed by atoms with Crippen molar-refractivity contribution in [2.45, 2.75) is 51.0 Å². The van der Waals surface area contributed by atoms with Crippen molar-refractivity contribution in [2.24, 2.45) is 11.8 Å². The topological polar surface area (TPSA) is 53.5 Å². The molecule has 2 saturated heterocycles. The number of carbonyl (C=O) groups excluding carboxylic acids is 2. The van der Waals surface area contributed by atoms with Crippen molar-refractivity contribution < 1.29 is 9.59 Å². The molecule has 1 aromatic heterocycles. The fourth-order valence-electron chi connectivity index (χ4n) is 4.65. The first-order valence-corrected chi connectivity index (χ1v) is 11.5. The van der Waals surface area contributed by atoms with E-state index < -0.39 is 0 Å². The molecule has 1 aromatic carbocycles. The Morgan fingerprint density at radius 2 is 1.64 bits per heavy atom. The number of amides is 2. The lowest BCUT2D eigenvalue weighted by molar-refractivity contribution is -0.144. The minimum atomic E-state index is 0.0539. The number of fused-ring (bicyclic) bond motifs is 1. The molecule has 3 fully saturated rings. The molecule has 2 amide bonds. The van der Waals surface area contributed by atoms with E-state index in [9.17, 15) is 9.59 Å². The Hall–Kier alpha value is -1.95. The summed E-state index contributed by atoms with van der Waals surface area (Å²) in [5, 5.41) is 1.08. The normalized spacial score (nSPS) is 23.9. The third-order valence-electron chi connectivity index (χ3n) is 6.46. The zero-order chi connectivity index (χ0) is 19.1. The second kappa shape index (κ2) is 7.47. The van der Waals surface area contributed by atoms with E-state index in [2.05, 4.69) is 17.0 Å². The summed E-state index contributed by atoms with van der Waals surface area (Å²) in [6.07, 6.45) is 6.95. The predicted molar refractivity (Wildman–Crippen MR) is 110 cm³/mol. The molecule has 5 nitrogen and oxygen atoms in total. The number of nitrogens with zero attached hydrogens (tertiary/aromatic N) is 3. The maximum absolute atomic E-state index is 13.4. The SMILES string of the molecule is O=C(C1CC1)N1CCC(C(=O)N2CCCCC2c2nc3ccccc3s2)CC1. The first-order chi connectivity index (χ1) is 13.7. The zero-order valence-electron chi connectivity index (χ0n) is 16.2. The van der Waals surface area contributed by atoms with Crippen LogP contribution in [0.4, 0.5) is 0 Å². The van der Waals surface area contributed by atoms with Crippen LogP contribution in [0.3, 0.4) is 0 Å². The van der Waals surface area contributed by atoms with Crippen molar-refractivity contribution >= 4 is 33.4 Å². The van der Waals surface area contributed by atoms with Crippen LogP contribution in [0.1, 0.15) is 56.0 Å². The summed E-state index contributed by atoms with van der Waals surface area (Å²) in [4.78, 5) is 34.6. The molecule has 1 aliphatic carbocycles. The van der Waals surface area contributed by atoms with E-state index in [1.54, 1.807) is 11.3 Å². The minimum absolute atomic E-state index is 0.0539. The monoisotopic (exact) mass is 397 g/mol. The van der Waals surface area contributed by atoms with Gasteiger partial charge in [0.05, 0.1) is 16.3 Å². The van der Waals surface area contributed by atoms with Crippen LogP contribution in [0.25, 0.3) is 10.2 Å². The van der Waals surface area contributed by atoms with Gasteiger partial charge in [-0.3, -0.25) is 9.59 Å². The third-order valence-corrected chi connectivity index (χ3v) is 7.60. The second-order valence-corrected chi connectivity index (χ2v) is 9.50. The van der Waals surface area contributed by atoms with E-state index in [1.165, 1.54) is 4.70 Å². The molecule has 1 saturated carbocycles. The number of hydrogen-bond donors (Lipinski definition) is 0. The highest BCUT2D eigenvalue weighted by molar-refractivity contribution is 7.18. The Bertz CT molecular complexity index is 850. The van der Waals surface area contributed by atoms with E-state index in [0.717, 1.165) is 75.1 Å². The molecule has 2 aliphatic heterocycles. The summed E-state index contributed by atoms with van der Waals surface area (Å²) in [6, 6.07) is 8.34. The van der Waals surface area contributed by atoms with Crippen LogP contribution in [0.2, 0.25) is 0 Å². The molecule has 6 heteroatoms. The smallest absolute Gasteiger partial charge is 0.226 e. The molecular formula is C22H27N3O2S. The molecule has 5 rings (SSSR count). The van der Waals surface area contributed by atoms with E-state index in [-0.39, 0.29) is 23.8 Å². The van der Waals surface area contributed by atoms with Crippen LogP contribution in [0.5, 0.6) is 0 Å². The van der Waals surface area contributed by atoms with Gasteiger partial charge in [-0.1, -0.05) is 12.1 Å². The summed E-state index contributed by atoms with van der Waals surface area (Å²) in [5.41, 5.74) is 1.03. The lowest BCUT2D eigenvalue weighted by atomic mass is 9.92. The molecule has 3 aliphatic rings. The van der Waals surface area contributed by atoms with E-state index in [4.69, 9.17) is 4.98 Å². The number of aromatic nitrogens is 1. The molecule has 1 atom stereocenters. The van der Waals surface area contributed by atoms with Gasteiger partial charge in [-0.2, -0.15) is 0 Å². The van der Waals surface area contributed by atoms with Crippen LogP contribution < -0.4 is 0 Å². The molecular weight excluding hydrogens is 370 g/mol. The fourth-order valence-corrected chi connectivity index (χ4v) is 5.77. The molecule has 0 spiro atoms. The van der Waals surface area contributed by atoms with Crippen LogP contribution in [0, 0.1) is 11.8 Å². The Morgan fingerprint density at radius 3 is 2.39 bits per heavy atom. The van der Waals surface area contributed by atoms with Crippen LogP contribution >= 0.6 is 11.3 Å². The molecule has 0 bridgehead atoms.